The maximum absolute atomic E-state index is 12.9. The monoisotopic (exact) mass is 366 g/mol. The van der Waals surface area contributed by atoms with Gasteiger partial charge in [-0.2, -0.15) is 0 Å². The number of aryl methyl sites for hydroxylation is 1. The van der Waals surface area contributed by atoms with Gasteiger partial charge in [-0.1, -0.05) is 17.7 Å². The van der Waals surface area contributed by atoms with Crippen LogP contribution in [-0.2, 0) is 4.79 Å². The maximum atomic E-state index is 12.9. The van der Waals surface area contributed by atoms with Crippen molar-refractivity contribution in [2.75, 3.05) is 36.9 Å². The fourth-order valence-electron chi connectivity index (χ4n) is 3.25. The molecule has 2 aromatic rings. The number of benzene rings is 1. The Balaban J connectivity index is 1.66. The Morgan fingerprint density at radius 2 is 1.81 bits per heavy atom. The highest BCUT2D eigenvalue weighted by molar-refractivity contribution is 6.02. The average molecular weight is 366 g/mol. The molecule has 0 radical (unpaired) electrons. The highest BCUT2D eigenvalue weighted by Gasteiger charge is 2.23. The van der Waals surface area contributed by atoms with E-state index in [0.717, 1.165) is 37.2 Å². The Hall–Kier alpha value is -2.89. The minimum absolute atomic E-state index is 0.0129. The first-order chi connectivity index (χ1) is 13.0. The third-order valence-corrected chi connectivity index (χ3v) is 4.74. The summed E-state index contributed by atoms with van der Waals surface area (Å²) >= 11 is 0. The van der Waals surface area contributed by atoms with Crippen molar-refractivity contribution >= 4 is 23.3 Å². The van der Waals surface area contributed by atoms with Crippen molar-refractivity contribution in [2.24, 2.45) is 0 Å². The van der Waals surface area contributed by atoms with Gasteiger partial charge in [-0.3, -0.25) is 9.59 Å². The lowest BCUT2D eigenvalue weighted by Crippen LogP contribution is -2.37. The molecule has 1 N–H and O–H groups in total. The number of likely N-dealkylation sites (N-methyl/N-ethyl adjacent to an activating group) is 1. The third-order valence-electron chi connectivity index (χ3n) is 4.74. The number of anilines is 2. The zero-order chi connectivity index (χ0) is 19.2. The van der Waals surface area contributed by atoms with Crippen molar-refractivity contribution in [1.29, 1.82) is 0 Å². The van der Waals surface area contributed by atoms with E-state index in [2.05, 4.69) is 15.2 Å². The van der Waals surface area contributed by atoms with Gasteiger partial charge < -0.3 is 15.1 Å². The standard InChI is InChI=1S/C21H26N4O2/c1-16-8-10-17(11-9-16)23-19(26)15-24(2)21(27)18-7-6-12-22-20(18)25-13-4-3-5-14-25/h6-12H,3-5,13-15H2,1-2H3,(H,23,26). The molecule has 2 amide bonds. The molecular weight excluding hydrogens is 340 g/mol. The summed E-state index contributed by atoms with van der Waals surface area (Å²) in [6.07, 6.45) is 5.15. The number of hydrogen-bond donors (Lipinski definition) is 1. The fourth-order valence-corrected chi connectivity index (χ4v) is 3.25. The zero-order valence-electron chi connectivity index (χ0n) is 15.9. The molecule has 0 saturated carbocycles. The van der Waals surface area contributed by atoms with Crippen molar-refractivity contribution < 1.29 is 9.59 Å². The lowest BCUT2D eigenvalue weighted by molar-refractivity contribution is -0.116. The predicted molar refractivity (Wildman–Crippen MR) is 107 cm³/mol. The second kappa shape index (κ2) is 8.66. The van der Waals surface area contributed by atoms with Crippen molar-refractivity contribution in [2.45, 2.75) is 26.2 Å². The molecule has 1 aromatic carbocycles. The summed E-state index contributed by atoms with van der Waals surface area (Å²) in [6.45, 7) is 3.80. The molecule has 3 rings (SSSR count). The van der Waals surface area contributed by atoms with Crippen LogP contribution in [0, 0.1) is 6.92 Å². The number of nitrogens with zero attached hydrogens (tertiary/aromatic N) is 3. The number of hydrogen-bond acceptors (Lipinski definition) is 4. The van der Waals surface area contributed by atoms with Gasteiger partial charge in [0.25, 0.3) is 5.91 Å². The van der Waals surface area contributed by atoms with Gasteiger partial charge in [-0.25, -0.2) is 4.98 Å². The number of nitrogens with one attached hydrogen (secondary N) is 1. The Morgan fingerprint density at radius 1 is 1.11 bits per heavy atom. The summed E-state index contributed by atoms with van der Waals surface area (Å²) in [5.74, 6) is 0.300. The Bertz CT molecular complexity index is 798. The minimum atomic E-state index is -0.224. The summed E-state index contributed by atoms with van der Waals surface area (Å²) < 4.78 is 0. The van der Waals surface area contributed by atoms with E-state index in [1.807, 2.05) is 31.2 Å². The highest BCUT2D eigenvalue weighted by atomic mass is 16.2. The molecule has 27 heavy (non-hydrogen) atoms. The van der Waals surface area contributed by atoms with Crippen LogP contribution in [-0.4, -0.2) is 48.4 Å². The number of amides is 2. The molecule has 0 unspecified atom stereocenters. The second-order valence-electron chi connectivity index (χ2n) is 7.00. The lowest BCUT2D eigenvalue weighted by Gasteiger charge is -2.29. The Morgan fingerprint density at radius 3 is 2.52 bits per heavy atom. The third kappa shape index (κ3) is 4.84. The summed E-state index contributed by atoms with van der Waals surface area (Å²) in [4.78, 5) is 33.3. The first-order valence-electron chi connectivity index (χ1n) is 9.36. The normalized spacial score (nSPS) is 13.9. The molecule has 1 aliphatic heterocycles. The number of rotatable bonds is 5. The van der Waals surface area contributed by atoms with Gasteiger partial charge in [0.1, 0.15) is 5.82 Å². The largest absolute Gasteiger partial charge is 0.356 e. The van der Waals surface area contributed by atoms with Crippen molar-refractivity contribution in [1.82, 2.24) is 9.88 Å². The minimum Gasteiger partial charge on any atom is -0.356 e. The van der Waals surface area contributed by atoms with Crippen LogP contribution in [0.4, 0.5) is 11.5 Å². The van der Waals surface area contributed by atoms with Crippen LogP contribution < -0.4 is 10.2 Å². The molecule has 1 aromatic heterocycles. The second-order valence-corrected chi connectivity index (χ2v) is 7.00. The zero-order valence-corrected chi connectivity index (χ0v) is 15.9. The number of carbonyl (C=O) groups excluding carboxylic acids is 2. The number of piperidine rings is 1. The van der Waals surface area contributed by atoms with E-state index in [1.165, 1.54) is 11.3 Å². The smallest absolute Gasteiger partial charge is 0.257 e. The van der Waals surface area contributed by atoms with E-state index >= 15 is 0 Å². The molecule has 1 aliphatic rings. The summed E-state index contributed by atoms with van der Waals surface area (Å²) in [5.41, 5.74) is 2.40. The van der Waals surface area contributed by atoms with Crippen LogP contribution in [0.1, 0.15) is 35.2 Å². The highest BCUT2D eigenvalue weighted by Crippen LogP contribution is 2.22. The summed E-state index contributed by atoms with van der Waals surface area (Å²) in [5, 5.41) is 2.83. The summed E-state index contributed by atoms with van der Waals surface area (Å²) in [7, 11) is 1.64. The average Bonchev–Trinajstić information content (AvgIpc) is 2.69. The molecule has 0 bridgehead atoms. The van der Waals surface area contributed by atoms with E-state index in [0.29, 0.717) is 11.4 Å². The van der Waals surface area contributed by atoms with Gasteiger partial charge in [-0.15, -0.1) is 0 Å². The molecule has 0 atom stereocenters. The van der Waals surface area contributed by atoms with Gasteiger partial charge in [0.05, 0.1) is 12.1 Å². The van der Waals surface area contributed by atoms with E-state index in [9.17, 15) is 9.59 Å². The van der Waals surface area contributed by atoms with E-state index in [-0.39, 0.29) is 18.4 Å². The topological polar surface area (TPSA) is 65.5 Å². The Kier molecular flexibility index (Phi) is 6.06. The molecule has 1 fully saturated rings. The maximum Gasteiger partial charge on any atom is 0.257 e. The lowest BCUT2D eigenvalue weighted by atomic mass is 10.1. The molecule has 6 nitrogen and oxygen atoms in total. The van der Waals surface area contributed by atoms with E-state index < -0.39 is 0 Å². The van der Waals surface area contributed by atoms with E-state index in [4.69, 9.17) is 0 Å². The number of pyridine rings is 1. The molecule has 6 heteroatoms. The van der Waals surface area contributed by atoms with Crippen LogP contribution in [0.2, 0.25) is 0 Å². The molecule has 1 saturated heterocycles. The quantitative estimate of drug-likeness (QED) is 0.883. The number of aromatic nitrogens is 1. The van der Waals surface area contributed by atoms with E-state index in [1.54, 1.807) is 25.4 Å². The van der Waals surface area contributed by atoms with Gasteiger partial charge >= 0.3 is 0 Å². The van der Waals surface area contributed by atoms with Crippen LogP contribution in [0.3, 0.4) is 0 Å². The fraction of sp³-hybridized carbons (Fsp3) is 0.381. The molecular formula is C21H26N4O2. The molecule has 2 heterocycles. The molecule has 0 spiro atoms. The van der Waals surface area contributed by atoms with Gasteiger partial charge in [0.2, 0.25) is 5.91 Å². The first kappa shape index (κ1) is 18.9. The molecule has 142 valence electrons. The van der Waals surface area contributed by atoms with Crippen molar-refractivity contribution in [3.8, 4) is 0 Å². The molecule has 0 aliphatic carbocycles. The van der Waals surface area contributed by atoms with Gasteiger partial charge in [0, 0.05) is 32.0 Å². The Labute approximate surface area is 160 Å². The van der Waals surface area contributed by atoms with Crippen molar-refractivity contribution in [3.63, 3.8) is 0 Å². The van der Waals surface area contributed by atoms with Crippen LogP contribution in [0.25, 0.3) is 0 Å². The van der Waals surface area contributed by atoms with Crippen LogP contribution >= 0.6 is 0 Å². The van der Waals surface area contributed by atoms with Crippen LogP contribution in [0.5, 0.6) is 0 Å². The summed E-state index contributed by atoms with van der Waals surface area (Å²) in [6, 6.07) is 11.1. The van der Waals surface area contributed by atoms with Crippen LogP contribution in [0.15, 0.2) is 42.6 Å². The van der Waals surface area contributed by atoms with Gasteiger partial charge in [0.15, 0.2) is 0 Å². The van der Waals surface area contributed by atoms with Gasteiger partial charge in [-0.05, 0) is 50.5 Å². The van der Waals surface area contributed by atoms with Crippen molar-refractivity contribution in [3.05, 3.63) is 53.7 Å². The predicted octanol–water partition coefficient (Wildman–Crippen LogP) is 3.09. The number of carbonyl (C=O) groups is 2. The SMILES string of the molecule is Cc1ccc(NC(=O)CN(C)C(=O)c2cccnc2N2CCCCC2)cc1. The first-order valence-corrected chi connectivity index (χ1v) is 9.36.